The van der Waals surface area contributed by atoms with Crippen LogP contribution in [0.2, 0.25) is 0 Å². The summed E-state index contributed by atoms with van der Waals surface area (Å²) in [5.74, 6) is 0.691. The normalized spacial score (nSPS) is 10.6. The summed E-state index contributed by atoms with van der Waals surface area (Å²) in [5.41, 5.74) is 1.02. The number of methoxy groups -OCH3 is 1. The minimum atomic E-state index is -0.533. The average Bonchev–Trinajstić information content (AvgIpc) is 3.05. The monoisotopic (exact) mass is 421 g/mol. The highest BCUT2D eigenvalue weighted by Gasteiger charge is 2.13. The number of hydrogen-bond donors (Lipinski definition) is 0. The summed E-state index contributed by atoms with van der Waals surface area (Å²) in [6.45, 7) is 0.160. The Morgan fingerprint density at radius 3 is 2.88 bits per heavy atom. The number of thiazole rings is 1. The second kappa shape index (κ2) is 7.16. The zero-order valence-electron chi connectivity index (χ0n) is 13.0. The van der Waals surface area contributed by atoms with E-state index in [0.29, 0.717) is 11.4 Å². The van der Waals surface area contributed by atoms with Gasteiger partial charge in [-0.05, 0) is 18.2 Å². The van der Waals surface area contributed by atoms with Crippen LogP contribution < -0.4 is 10.3 Å². The van der Waals surface area contributed by atoms with Crippen molar-refractivity contribution >= 4 is 33.0 Å². The number of nitrogens with zero attached hydrogens (tertiary/aromatic N) is 3. The molecule has 9 heteroatoms. The lowest BCUT2D eigenvalue weighted by Crippen LogP contribution is -2.19. The standard InChI is InChI=1S/C16H12BrN3O4S/c1-24-14-4-2-10(17)6-13(14)16-18-11(9-25-16)7-19-8-12(20(22)23)3-5-15(19)21/h2-6,8-9H,7H2,1H3. The molecule has 3 aromatic rings. The molecule has 0 bridgehead atoms. The highest BCUT2D eigenvalue weighted by atomic mass is 79.9. The van der Waals surface area contributed by atoms with Crippen LogP contribution in [-0.4, -0.2) is 21.6 Å². The molecule has 0 aliphatic carbocycles. The predicted molar refractivity (Wildman–Crippen MR) is 98.3 cm³/mol. The maximum absolute atomic E-state index is 11.9. The Bertz CT molecular complexity index is 999. The van der Waals surface area contributed by atoms with E-state index in [1.807, 2.05) is 23.6 Å². The summed E-state index contributed by atoms with van der Waals surface area (Å²) in [7, 11) is 1.59. The van der Waals surface area contributed by atoms with E-state index >= 15 is 0 Å². The SMILES string of the molecule is COc1ccc(Br)cc1-c1nc(Cn2cc([N+](=O)[O-])ccc2=O)cs1. The molecule has 0 atom stereocenters. The van der Waals surface area contributed by atoms with Crippen LogP contribution in [0.25, 0.3) is 10.6 Å². The molecule has 0 aliphatic heterocycles. The van der Waals surface area contributed by atoms with Crippen molar-refractivity contribution in [2.75, 3.05) is 7.11 Å². The Kier molecular flexibility index (Phi) is 4.95. The van der Waals surface area contributed by atoms with E-state index in [9.17, 15) is 14.9 Å². The molecule has 0 unspecified atom stereocenters. The van der Waals surface area contributed by atoms with Crippen LogP contribution in [0.4, 0.5) is 5.69 Å². The molecule has 0 N–H and O–H groups in total. The quantitative estimate of drug-likeness (QED) is 0.462. The molecule has 7 nitrogen and oxygen atoms in total. The van der Waals surface area contributed by atoms with Crippen molar-refractivity contribution in [1.29, 1.82) is 0 Å². The third kappa shape index (κ3) is 3.77. The Hall–Kier alpha value is -2.52. The smallest absolute Gasteiger partial charge is 0.285 e. The topological polar surface area (TPSA) is 87.3 Å². The summed E-state index contributed by atoms with van der Waals surface area (Å²) in [4.78, 5) is 26.8. The van der Waals surface area contributed by atoms with Crippen molar-refractivity contribution in [3.05, 3.63) is 72.5 Å². The van der Waals surface area contributed by atoms with Crippen molar-refractivity contribution in [3.8, 4) is 16.3 Å². The van der Waals surface area contributed by atoms with Crippen LogP contribution in [0.3, 0.4) is 0 Å². The van der Waals surface area contributed by atoms with Gasteiger partial charge in [0.25, 0.3) is 11.2 Å². The van der Waals surface area contributed by atoms with Crippen LogP contribution in [0.1, 0.15) is 5.69 Å². The number of nitro groups is 1. The zero-order chi connectivity index (χ0) is 18.0. The van der Waals surface area contributed by atoms with E-state index in [1.165, 1.54) is 34.2 Å². The van der Waals surface area contributed by atoms with Gasteiger partial charge < -0.3 is 9.30 Å². The second-order valence-corrected chi connectivity index (χ2v) is 6.87. The van der Waals surface area contributed by atoms with Crippen molar-refractivity contribution in [2.45, 2.75) is 6.54 Å². The number of aromatic nitrogens is 2. The van der Waals surface area contributed by atoms with Gasteiger partial charge in [-0.15, -0.1) is 11.3 Å². The van der Waals surface area contributed by atoms with Crippen LogP contribution >= 0.6 is 27.3 Å². The lowest BCUT2D eigenvalue weighted by Gasteiger charge is -2.06. The molecule has 0 radical (unpaired) electrons. The van der Waals surface area contributed by atoms with E-state index in [4.69, 9.17) is 4.74 Å². The molecular weight excluding hydrogens is 410 g/mol. The van der Waals surface area contributed by atoms with Gasteiger partial charge >= 0.3 is 0 Å². The van der Waals surface area contributed by atoms with Gasteiger partial charge in [0.05, 0.1) is 36.0 Å². The molecule has 3 rings (SSSR count). The van der Waals surface area contributed by atoms with E-state index in [0.717, 1.165) is 15.0 Å². The first-order valence-electron chi connectivity index (χ1n) is 7.11. The van der Waals surface area contributed by atoms with Crippen molar-refractivity contribution in [3.63, 3.8) is 0 Å². The molecule has 2 aromatic heterocycles. The largest absolute Gasteiger partial charge is 0.496 e. The number of benzene rings is 1. The molecule has 0 saturated heterocycles. The van der Waals surface area contributed by atoms with Gasteiger partial charge in [-0.1, -0.05) is 15.9 Å². The first-order chi connectivity index (χ1) is 12.0. The minimum absolute atomic E-state index is 0.135. The molecule has 0 amide bonds. The third-order valence-electron chi connectivity index (χ3n) is 3.45. The minimum Gasteiger partial charge on any atom is -0.496 e. The van der Waals surface area contributed by atoms with Gasteiger partial charge in [-0.2, -0.15) is 0 Å². The van der Waals surface area contributed by atoms with Crippen LogP contribution in [0, 0.1) is 10.1 Å². The molecule has 128 valence electrons. The van der Waals surface area contributed by atoms with E-state index in [1.54, 1.807) is 7.11 Å². The first-order valence-corrected chi connectivity index (χ1v) is 8.78. The Morgan fingerprint density at radius 2 is 2.16 bits per heavy atom. The van der Waals surface area contributed by atoms with Crippen LogP contribution in [-0.2, 0) is 6.54 Å². The van der Waals surface area contributed by atoms with Crippen LogP contribution in [0.5, 0.6) is 5.75 Å². The fourth-order valence-electron chi connectivity index (χ4n) is 2.28. The highest BCUT2D eigenvalue weighted by molar-refractivity contribution is 9.10. The number of halogens is 1. The van der Waals surface area contributed by atoms with Crippen molar-refractivity contribution in [1.82, 2.24) is 9.55 Å². The maximum Gasteiger partial charge on any atom is 0.285 e. The van der Waals surface area contributed by atoms with Gasteiger partial charge in [0.15, 0.2) is 0 Å². The van der Waals surface area contributed by atoms with E-state index in [2.05, 4.69) is 20.9 Å². The third-order valence-corrected chi connectivity index (χ3v) is 4.87. The molecule has 0 spiro atoms. The number of pyridine rings is 1. The van der Waals surface area contributed by atoms with Gasteiger partial charge in [0.2, 0.25) is 0 Å². The number of rotatable bonds is 5. The van der Waals surface area contributed by atoms with Gasteiger partial charge in [-0.3, -0.25) is 14.9 Å². The lowest BCUT2D eigenvalue weighted by molar-refractivity contribution is -0.385. The lowest BCUT2D eigenvalue weighted by atomic mass is 10.2. The molecule has 2 heterocycles. The average molecular weight is 422 g/mol. The van der Waals surface area contributed by atoms with E-state index in [-0.39, 0.29) is 17.8 Å². The predicted octanol–water partition coefficient (Wildman–Crippen LogP) is 3.70. The summed E-state index contributed by atoms with van der Waals surface area (Å²) < 4.78 is 7.53. The molecule has 25 heavy (non-hydrogen) atoms. The molecule has 0 aliphatic rings. The van der Waals surface area contributed by atoms with E-state index < -0.39 is 4.92 Å². The Morgan fingerprint density at radius 1 is 1.36 bits per heavy atom. The first kappa shape index (κ1) is 17.3. The van der Waals surface area contributed by atoms with Crippen molar-refractivity contribution < 1.29 is 9.66 Å². The van der Waals surface area contributed by atoms with Gasteiger partial charge in [-0.25, -0.2) is 4.98 Å². The summed E-state index contributed by atoms with van der Waals surface area (Å²) in [6.07, 6.45) is 1.22. The summed E-state index contributed by atoms with van der Waals surface area (Å²) >= 11 is 4.84. The van der Waals surface area contributed by atoms with Gasteiger partial charge in [0, 0.05) is 22.0 Å². The highest BCUT2D eigenvalue weighted by Crippen LogP contribution is 2.34. The molecular formula is C16H12BrN3O4S. The van der Waals surface area contributed by atoms with Crippen molar-refractivity contribution in [2.24, 2.45) is 0 Å². The molecule has 1 aromatic carbocycles. The fraction of sp³-hybridized carbons (Fsp3) is 0.125. The summed E-state index contributed by atoms with van der Waals surface area (Å²) in [6, 6.07) is 7.99. The zero-order valence-corrected chi connectivity index (χ0v) is 15.4. The summed E-state index contributed by atoms with van der Waals surface area (Å²) in [5, 5.41) is 13.4. The number of hydrogen-bond acceptors (Lipinski definition) is 6. The second-order valence-electron chi connectivity index (χ2n) is 5.10. The maximum atomic E-state index is 11.9. The molecule has 0 fully saturated rings. The Labute approximate surface area is 154 Å². The van der Waals surface area contributed by atoms with Gasteiger partial charge in [0.1, 0.15) is 10.8 Å². The molecule has 0 saturated carbocycles. The fourth-order valence-corrected chi connectivity index (χ4v) is 3.47. The number of ether oxygens (including phenoxy) is 1. The van der Waals surface area contributed by atoms with Crippen LogP contribution in [0.15, 0.2) is 51.2 Å². The Balaban J connectivity index is 1.93.